The van der Waals surface area contributed by atoms with Gasteiger partial charge in [0.15, 0.2) is 5.16 Å². The minimum Gasteiger partial charge on any atom is -0.490 e. The van der Waals surface area contributed by atoms with Crippen molar-refractivity contribution < 1.29 is 23.7 Å². The second-order valence-electron chi connectivity index (χ2n) is 13.6. The zero-order chi connectivity index (χ0) is 32.4. The molecule has 10 heteroatoms. The van der Waals surface area contributed by atoms with E-state index in [4.69, 9.17) is 30.5 Å². The maximum atomic E-state index is 12.6. The second kappa shape index (κ2) is 14.3. The molecule has 1 spiro atoms. The molecule has 3 heterocycles. The van der Waals surface area contributed by atoms with Crippen molar-refractivity contribution in [2.75, 3.05) is 44.9 Å². The summed E-state index contributed by atoms with van der Waals surface area (Å²) in [7, 11) is 1.43. The average molecular weight is 678 g/mol. The van der Waals surface area contributed by atoms with E-state index in [0.717, 1.165) is 86.3 Å². The van der Waals surface area contributed by atoms with Crippen molar-refractivity contribution in [2.45, 2.75) is 79.9 Å². The molecule has 1 aromatic heterocycles. The van der Waals surface area contributed by atoms with Crippen molar-refractivity contribution in [1.82, 2.24) is 9.97 Å². The summed E-state index contributed by atoms with van der Waals surface area (Å²) in [6, 6.07) is 13.9. The molecule has 2 aliphatic carbocycles. The predicted molar refractivity (Wildman–Crippen MR) is 184 cm³/mol. The third kappa shape index (κ3) is 7.14. The van der Waals surface area contributed by atoms with Crippen LogP contribution in [0.5, 0.6) is 5.75 Å². The Labute approximate surface area is 286 Å². The Morgan fingerprint density at radius 2 is 2.04 bits per heavy atom. The second-order valence-corrected chi connectivity index (χ2v) is 15.5. The number of halogens is 1. The maximum Gasteiger partial charge on any atom is 0.337 e. The van der Waals surface area contributed by atoms with Gasteiger partial charge in [-0.2, -0.15) is 0 Å². The monoisotopic (exact) mass is 677 g/mol. The van der Waals surface area contributed by atoms with Gasteiger partial charge < -0.3 is 23.8 Å². The Kier molecular flexibility index (Phi) is 9.96. The number of ether oxygens (including phenoxy) is 4. The highest BCUT2D eigenvalue weighted by atomic mass is 35.5. The fourth-order valence-corrected chi connectivity index (χ4v) is 8.97. The van der Waals surface area contributed by atoms with Gasteiger partial charge in [0.1, 0.15) is 5.75 Å². The van der Waals surface area contributed by atoms with E-state index in [1.807, 2.05) is 30.3 Å². The number of aromatic nitrogens is 2. The van der Waals surface area contributed by atoms with Crippen LogP contribution in [0.1, 0.15) is 66.9 Å². The number of carbonyl (C=O) groups excluding carboxylic acids is 1. The first kappa shape index (κ1) is 32.7. The van der Waals surface area contributed by atoms with E-state index in [1.165, 1.54) is 18.2 Å². The molecule has 8 nitrogen and oxygen atoms in total. The van der Waals surface area contributed by atoms with Gasteiger partial charge in [0.25, 0.3) is 0 Å². The zero-order valence-electron chi connectivity index (χ0n) is 27.2. The lowest BCUT2D eigenvalue weighted by Crippen LogP contribution is -2.50. The number of benzene rings is 2. The van der Waals surface area contributed by atoms with Crippen LogP contribution in [0.2, 0.25) is 5.02 Å². The number of thioether (sulfide) groups is 1. The van der Waals surface area contributed by atoms with E-state index in [1.54, 1.807) is 24.2 Å². The van der Waals surface area contributed by atoms with E-state index in [9.17, 15) is 4.79 Å². The van der Waals surface area contributed by atoms with E-state index < -0.39 is 0 Å². The SMILES string of the molecule is COC(=O)c1ccc2c(c1)N(C[C@@H]1CC[C@H]1[C@@H]1C[C@@H](OC[C@H](C)Sc3ncccn3)CCO1)C[C@@]1(CCCc3cc(Cl)ccc31)CO2. The number of aryl methyl sites for hydroxylation is 1. The van der Waals surface area contributed by atoms with Crippen molar-refractivity contribution in [3.05, 3.63) is 76.6 Å². The van der Waals surface area contributed by atoms with Gasteiger partial charge in [-0.15, -0.1) is 0 Å². The number of rotatable bonds is 9. The lowest BCUT2D eigenvalue weighted by Gasteiger charge is -2.48. The fourth-order valence-electron chi connectivity index (χ4n) is 8.03. The van der Waals surface area contributed by atoms with Crippen LogP contribution in [-0.2, 0) is 26.0 Å². The van der Waals surface area contributed by atoms with Gasteiger partial charge in [0, 0.05) is 54.2 Å². The first-order valence-corrected chi connectivity index (χ1v) is 18.2. The molecule has 2 fully saturated rings. The molecule has 0 N–H and O–H groups in total. The Hall–Kier alpha value is -2.85. The van der Waals surface area contributed by atoms with Gasteiger partial charge >= 0.3 is 5.97 Å². The highest BCUT2D eigenvalue weighted by Gasteiger charge is 2.45. The number of anilines is 1. The quantitative estimate of drug-likeness (QED) is 0.133. The van der Waals surface area contributed by atoms with Crippen molar-refractivity contribution in [1.29, 1.82) is 0 Å². The lowest BCUT2D eigenvalue weighted by molar-refractivity contribution is -0.116. The summed E-state index contributed by atoms with van der Waals surface area (Å²) in [5.41, 5.74) is 4.00. The van der Waals surface area contributed by atoms with Crippen molar-refractivity contribution >= 4 is 35.0 Å². The molecule has 0 radical (unpaired) electrons. The summed E-state index contributed by atoms with van der Waals surface area (Å²) in [6.07, 6.45) is 11.3. The molecule has 6 atom stereocenters. The van der Waals surface area contributed by atoms with Crippen molar-refractivity contribution in [2.24, 2.45) is 11.8 Å². The maximum absolute atomic E-state index is 12.6. The number of carbonyl (C=O) groups is 1. The highest BCUT2D eigenvalue weighted by Crippen LogP contribution is 2.47. The Balaban J connectivity index is 1.07. The summed E-state index contributed by atoms with van der Waals surface area (Å²) in [4.78, 5) is 23.8. The average Bonchev–Trinajstić information content (AvgIpc) is 3.22. The van der Waals surface area contributed by atoms with Crippen LogP contribution >= 0.6 is 23.4 Å². The van der Waals surface area contributed by atoms with E-state index in [-0.39, 0.29) is 28.8 Å². The molecule has 47 heavy (non-hydrogen) atoms. The van der Waals surface area contributed by atoms with Crippen LogP contribution in [0.25, 0.3) is 0 Å². The molecular weight excluding hydrogens is 634 g/mol. The Bertz CT molecular complexity index is 1560. The summed E-state index contributed by atoms with van der Waals surface area (Å²) in [5, 5.41) is 1.83. The molecule has 250 valence electrons. The van der Waals surface area contributed by atoms with Gasteiger partial charge in [-0.05, 0) is 97.9 Å². The molecule has 2 aromatic carbocycles. The largest absolute Gasteiger partial charge is 0.490 e. The topological polar surface area (TPSA) is 83.0 Å². The molecule has 0 unspecified atom stereocenters. The molecule has 0 bridgehead atoms. The van der Waals surface area contributed by atoms with Gasteiger partial charge in [-0.1, -0.05) is 36.4 Å². The van der Waals surface area contributed by atoms with Gasteiger partial charge in [0.2, 0.25) is 0 Å². The van der Waals surface area contributed by atoms with E-state index in [0.29, 0.717) is 30.6 Å². The first-order chi connectivity index (χ1) is 22.9. The van der Waals surface area contributed by atoms with Crippen LogP contribution in [-0.4, -0.2) is 73.4 Å². The normalized spacial score (nSPS) is 27.5. The standard InChI is InChI=1S/C37H44ClN3O5S/c1-24(47-36-39-14-4-15-40-36)21-45-29-12-16-44-34(19-29)30-9-6-27(30)20-41-22-37(13-3-5-25-17-28(38)8-10-31(25)37)23-46-33-11-7-26(18-32(33)41)35(42)43-2/h4,7-8,10-11,14-15,17-18,24,27,29-30,34H,3,5-6,9,12-13,16,19-23H2,1-2H3/t24-,27-,29-,30+,34-,37-/m0/s1. The summed E-state index contributed by atoms with van der Waals surface area (Å²) in [5.74, 6) is 1.43. The number of methoxy groups -OCH3 is 1. The number of fused-ring (bicyclic) bond motifs is 3. The van der Waals surface area contributed by atoms with Gasteiger partial charge in [-0.3, -0.25) is 0 Å². The van der Waals surface area contributed by atoms with Crippen molar-refractivity contribution in [3.8, 4) is 5.75 Å². The third-order valence-electron chi connectivity index (χ3n) is 10.5. The van der Waals surface area contributed by atoms with Crippen LogP contribution in [0.4, 0.5) is 5.69 Å². The molecule has 0 amide bonds. The Morgan fingerprint density at radius 3 is 2.85 bits per heavy atom. The van der Waals surface area contributed by atoms with E-state index in [2.05, 4.69) is 33.9 Å². The molecule has 2 aliphatic heterocycles. The van der Waals surface area contributed by atoms with Gasteiger partial charge in [-0.25, -0.2) is 14.8 Å². The highest BCUT2D eigenvalue weighted by molar-refractivity contribution is 7.99. The smallest absolute Gasteiger partial charge is 0.337 e. The van der Waals surface area contributed by atoms with E-state index >= 15 is 0 Å². The van der Waals surface area contributed by atoms with Crippen LogP contribution < -0.4 is 9.64 Å². The predicted octanol–water partition coefficient (Wildman–Crippen LogP) is 7.16. The molecule has 1 saturated carbocycles. The van der Waals surface area contributed by atoms with Crippen LogP contribution in [0.15, 0.2) is 60.0 Å². The number of hydrogen-bond acceptors (Lipinski definition) is 9. The minimum absolute atomic E-state index is 0.165. The van der Waals surface area contributed by atoms with Gasteiger partial charge in [0.05, 0.1) is 43.8 Å². The summed E-state index contributed by atoms with van der Waals surface area (Å²) >= 11 is 8.10. The Morgan fingerprint density at radius 1 is 1.17 bits per heavy atom. The fraction of sp³-hybridized carbons (Fsp3) is 0.541. The molecule has 1 saturated heterocycles. The molecule has 3 aromatic rings. The van der Waals surface area contributed by atoms with Crippen LogP contribution in [0.3, 0.4) is 0 Å². The molecule has 7 rings (SSSR count). The minimum atomic E-state index is -0.337. The lowest BCUT2D eigenvalue weighted by atomic mass is 9.67. The summed E-state index contributed by atoms with van der Waals surface area (Å²) < 4.78 is 24.6. The van der Waals surface area contributed by atoms with Crippen molar-refractivity contribution in [3.63, 3.8) is 0 Å². The number of esters is 1. The van der Waals surface area contributed by atoms with Crippen LogP contribution in [0, 0.1) is 11.8 Å². The zero-order valence-corrected chi connectivity index (χ0v) is 28.8. The molecule has 4 aliphatic rings. The summed E-state index contributed by atoms with van der Waals surface area (Å²) in [6.45, 7) is 5.85. The molecular formula is C37H44ClN3O5S. The third-order valence-corrected chi connectivity index (χ3v) is 11.7. The number of hydrogen-bond donors (Lipinski definition) is 0. The first-order valence-electron chi connectivity index (χ1n) is 17.0. The number of nitrogens with zero attached hydrogens (tertiary/aromatic N) is 3.